The second-order valence-electron chi connectivity index (χ2n) is 7.65. The normalized spacial score (nSPS) is 16.9. The average molecular weight is 385 g/mol. The Balaban J connectivity index is 1.53. The first-order chi connectivity index (χ1) is 13.5. The van der Waals surface area contributed by atoms with Gasteiger partial charge in [-0.15, -0.1) is 0 Å². The van der Waals surface area contributed by atoms with E-state index in [1.807, 2.05) is 36.9 Å². The van der Waals surface area contributed by atoms with E-state index in [4.69, 9.17) is 4.74 Å². The lowest BCUT2D eigenvalue weighted by molar-refractivity contribution is -0.121. The predicted molar refractivity (Wildman–Crippen MR) is 110 cm³/mol. The molecule has 1 aromatic heterocycles. The van der Waals surface area contributed by atoms with Crippen molar-refractivity contribution < 1.29 is 9.53 Å². The van der Waals surface area contributed by atoms with Crippen molar-refractivity contribution in [2.24, 2.45) is 7.05 Å². The van der Waals surface area contributed by atoms with Crippen LogP contribution in [0.1, 0.15) is 49.6 Å². The van der Waals surface area contributed by atoms with Crippen LogP contribution in [0.4, 0.5) is 0 Å². The number of nitrogens with zero attached hydrogens (tertiary/aromatic N) is 3. The molecule has 1 aliphatic rings. The van der Waals surface area contributed by atoms with E-state index < -0.39 is 0 Å². The van der Waals surface area contributed by atoms with Gasteiger partial charge in [-0.2, -0.15) is 5.10 Å². The Morgan fingerprint density at radius 1 is 1.36 bits per heavy atom. The van der Waals surface area contributed by atoms with Gasteiger partial charge in [0, 0.05) is 44.4 Å². The molecule has 6 nitrogen and oxygen atoms in total. The number of amides is 1. The van der Waals surface area contributed by atoms with E-state index in [0.29, 0.717) is 13.0 Å². The number of para-hydroxylation sites is 1. The third-order valence-electron chi connectivity index (χ3n) is 5.29. The molecule has 0 unspecified atom stereocenters. The molecule has 1 N–H and O–H groups in total. The molecule has 28 heavy (non-hydrogen) atoms. The molecule has 0 fully saturated rings. The Bertz CT molecular complexity index is 767. The number of fused-ring (bicyclic) bond motifs is 1. The van der Waals surface area contributed by atoms with Crippen molar-refractivity contribution in [3.05, 3.63) is 47.3 Å². The number of unbranched alkanes of at least 4 members (excludes halogenated alkanes) is 1. The smallest absolute Gasteiger partial charge is 0.221 e. The number of ether oxygens (including phenoxy) is 1. The van der Waals surface area contributed by atoms with Crippen LogP contribution in [0.15, 0.2) is 30.3 Å². The molecular formula is C22H32N4O2. The molecule has 1 aliphatic heterocycles. The third kappa shape index (κ3) is 5.58. The Morgan fingerprint density at radius 2 is 2.18 bits per heavy atom. The monoisotopic (exact) mass is 384 g/mol. The van der Waals surface area contributed by atoms with Crippen molar-refractivity contribution in [2.45, 2.75) is 58.7 Å². The first-order valence-electron chi connectivity index (χ1n) is 10.3. The van der Waals surface area contributed by atoms with Gasteiger partial charge in [-0.05, 0) is 31.9 Å². The van der Waals surface area contributed by atoms with Gasteiger partial charge in [-0.25, -0.2) is 0 Å². The van der Waals surface area contributed by atoms with Crippen LogP contribution in [0.25, 0.3) is 0 Å². The molecular weight excluding hydrogens is 352 g/mol. The fraction of sp³-hybridized carbons (Fsp3) is 0.545. The lowest BCUT2D eigenvalue weighted by Crippen LogP contribution is -2.35. The molecule has 2 aromatic rings. The third-order valence-corrected chi connectivity index (χ3v) is 5.29. The number of rotatable bonds is 8. The molecule has 1 atom stereocenters. The number of hydrogen-bond acceptors (Lipinski definition) is 4. The highest BCUT2D eigenvalue weighted by atomic mass is 16.5. The number of carbonyl (C=O) groups excluding carboxylic acids is 1. The Labute approximate surface area is 167 Å². The van der Waals surface area contributed by atoms with Crippen molar-refractivity contribution >= 4 is 5.91 Å². The second kappa shape index (κ2) is 9.73. The van der Waals surface area contributed by atoms with Gasteiger partial charge in [0.05, 0.1) is 12.2 Å². The average Bonchev–Trinajstić information content (AvgIpc) is 2.90. The fourth-order valence-electron chi connectivity index (χ4n) is 3.57. The molecule has 1 amide bonds. The topological polar surface area (TPSA) is 59.4 Å². The Morgan fingerprint density at radius 3 is 2.93 bits per heavy atom. The van der Waals surface area contributed by atoms with E-state index in [2.05, 4.69) is 34.4 Å². The highest BCUT2D eigenvalue weighted by Crippen LogP contribution is 2.26. The van der Waals surface area contributed by atoms with Gasteiger partial charge >= 0.3 is 0 Å². The van der Waals surface area contributed by atoms with Crippen molar-refractivity contribution in [1.82, 2.24) is 20.0 Å². The van der Waals surface area contributed by atoms with Gasteiger partial charge in [0.15, 0.2) is 0 Å². The second-order valence-corrected chi connectivity index (χ2v) is 7.65. The summed E-state index contributed by atoms with van der Waals surface area (Å²) in [5, 5.41) is 7.37. The zero-order valence-electron chi connectivity index (χ0n) is 17.3. The summed E-state index contributed by atoms with van der Waals surface area (Å²) in [5.41, 5.74) is 3.18. The van der Waals surface area contributed by atoms with Crippen molar-refractivity contribution in [3.8, 4) is 5.75 Å². The minimum absolute atomic E-state index is 0.0619. The number of benzene rings is 1. The maximum absolute atomic E-state index is 12.3. The number of nitrogens with one attached hydrogen (secondary N) is 1. The van der Waals surface area contributed by atoms with E-state index in [0.717, 1.165) is 56.0 Å². The molecule has 0 saturated carbocycles. The highest BCUT2D eigenvalue weighted by molar-refractivity contribution is 5.76. The van der Waals surface area contributed by atoms with E-state index in [1.54, 1.807) is 0 Å². The largest absolute Gasteiger partial charge is 0.489 e. The van der Waals surface area contributed by atoms with Gasteiger partial charge in [-0.1, -0.05) is 31.5 Å². The van der Waals surface area contributed by atoms with Crippen LogP contribution >= 0.6 is 0 Å². The highest BCUT2D eigenvalue weighted by Gasteiger charge is 2.22. The summed E-state index contributed by atoms with van der Waals surface area (Å²) < 4.78 is 8.09. The van der Waals surface area contributed by atoms with Crippen LogP contribution in [0, 0.1) is 6.92 Å². The number of carbonyl (C=O) groups is 1. The first kappa shape index (κ1) is 20.4. The number of aryl methyl sites for hydroxylation is 2. The molecule has 0 radical (unpaired) electrons. The SMILES string of the molecule is CCCC[C@H]1CN(CCC(=O)NCc2cc(C)n(C)n2)Cc2ccccc2O1. The van der Waals surface area contributed by atoms with Crippen LogP contribution in [-0.2, 0) is 24.9 Å². The van der Waals surface area contributed by atoms with Crippen LogP contribution in [-0.4, -0.2) is 39.8 Å². The predicted octanol–water partition coefficient (Wildman–Crippen LogP) is 3.19. The van der Waals surface area contributed by atoms with Crippen molar-refractivity contribution in [3.63, 3.8) is 0 Å². The molecule has 6 heteroatoms. The Kier molecular flexibility index (Phi) is 7.09. The lowest BCUT2D eigenvalue weighted by Gasteiger charge is -2.23. The van der Waals surface area contributed by atoms with Gasteiger partial charge in [0.2, 0.25) is 5.91 Å². The zero-order chi connectivity index (χ0) is 19.9. The molecule has 0 aliphatic carbocycles. The molecule has 0 saturated heterocycles. The minimum Gasteiger partial charge on any atom is -0.489 e. The van der Waals surface area contributed by atoms with Crippen molar-refractivity contribution in [2.75, 3.05) is 13.1 Å². The van der Waals surface area contributed by atoms with Crippen LogP contribution in [0.3, 0.4) is 0 Å². The molecule has 0 spiro atoms. The summed E-state index contributed by atoms with van der Waals surface area (Å²) in [6.45, 7) is 7.11. The van der Waals surface area contributed by atoms with Crippen molar-refractivity contribution in [1.29, 1.82) is 0 Å². The minimum atomic E-state index is 0.0619. The summed E-state index contributed by atoms with van der Waals surface area (Å²) >= 11 is 0. The van der Waals surface area contributed by atoms with Crippen LogP contribution in [0.2, 0.25) is 0 Å². The quantitative estimate of drug-likeness (QED) is 0.759. The summed E-state index contributed by atoms with van der Waals surface area (Å²) in [6.07, 6.45) is 4.03. The van der Waals surface area contributed by atoms with E-state index in [9.17, 15) is 4.79 Å². The van der Waals surface area contributed by atoms with Crippen LogP contribution in [0.5, 0.6) is 5.75 Å². The van der Waals surface area contributed by atoms with Crippen LogP contribution < -0.4 is 10.1 Å². The Hall–Kier alpha value is -2.34. The summed E-state index contributed by atoms with van der Waals surface area (Å²) in [4.78, 5) is 14.7. The number of aromatic nitrogens is 2. The van der Waals surface area contributed by atoms with E-state index in [-0.39, 0.29) is 12.0 Å². The summed E-state index contributed by atoms with van der Waals surface area (Å²) in [6, 6.07) is 10.3. The molecule has 152 valence electrons. The van der Waals surface area contributed by atoms with E-state index >= 15 is 0 Å². The van der Waals surface area contributed by atoms with Gasteiger partial charge in [-0.3, -0.25) is 14.4 Å². The fourth-order valence-corrected chi connectivity index (χ4v) is 3.57. The van der Waals surface area contributed by atoms with E-state index in [1.165, 1.54) is 5.56 Å². The standard InChI is InChI=1S/C22H32N4O2/c1-4-5-9-20-16-26(15-18-8-6-7-10-21(18)28-20)12-11-22(27)23-14-19-13-17(2)25(3)24-19/h6-8,10,13,20H,4-5,9,11-12,14-16H2,1-3H3,(H,23,27)/t20-/m0/s1. The zero-order valence-corrected chi connectivity index (χ0v) is 17.3. The van der Waals surface area contributed by atoms with Gasteiger partial charge < -0.3 is 10.1 Å². The molecule has 3 rings (SSSR count). The molecule has 2 heterocycles. The molecule has 0 bridgehead atoms. The number of hydrogen-bond donors (Lipinski definition) is 1. The summed E-state index contributed by atoms with van der Waals surface area (Å²) in [5.74, 6) is 1.05. The molecule has 1 aromatic carbocycles. The maximum atomic E-state index is 12.3. The maximum Gasteiger partial charge on any atom is 0.221 e. The lowest BCUT2D eigenvalue weighted by atomic mass is 10.1. The van der Waals surface area contributed by atoms with Gasteiger partial charge in [0.1, 0.15) is 11.9 Å². The van der Waals surface area contributed by atoms with Gasteiger partial charge in [0.25, 0.3) is 0 Å². The summed E-state index contributed by atoms with van der Waals surface area (Å²) in [7, 11) is 1.91. The first-order valence-corrected chi connectivity index (χ1v) is 10.3.